The van der Waals surface area contributed by atoms with Gasteiger partial charge in [-0.2, -0.15) is 5.10 Å². The summed E-state index contributed by atoms with van der Waals surface area (Å²) in [5.74, 6) is 0.608. The average molecular weight is 300 g/mol. The van der Waals surface area contributed by atoms with Crippen LogP contribution in [0, 0.1) is 6.92 Å². The van der Waals surface area contributed by atoms with Crippen LogP contribution in [0.25, 0.3) is 0 Å². The minimum absolute atomic E-state index is 0. The fourth-order valence-corrected chi connectivity index (χ4v) is 2.08. The van der Waals surface area contributed by atoms with Crippen LogP contribution in [0.15, 0.2) is 12.4 Å². The summed E-state index contributed by atoms with van der Waals surface area (Å²) in [6, 6.07) is 0.377. The standard InChI is InChI=1S/C13H21N5O.ClH/c1-9(2)18-10(3)11(7-15-18)6-14-12-8-17(4)16-13(12)19-5;/h7-9,14H,6H2,1-5H3;1H. The lowest BCUT2D eigenvalue weighted by Gasteiger charge is -2.09. The summed E-state index contributed by atoms with van der Waals surface area (Å²) in [6.07, 6.45) is 3.81. The van der Waals surface area contributed by atoms with Gasteiger partial charge in [-0.1, -0.05) is 0 Å². The smallest absolute Gasteiger partial charge is 0.256 e. The molecule has 0 aliphatic heterocycles. The summed E-state index contributed by atoms with van der Waals surface area (Å²) in [7, 11) is 3.49. The molecule has 0 bridgehead atoms. The Morgan fingerprint density at radius 2 is 2.10 bits per heavy atom. The topological polar surface area (TPSA) is 56.9 Å². The summed E-state index contributed by atoms with van der Waals surface area (Å²) in [6.45, 7) is 7.05. The van der Waals surface area contributed by atoms with Gasteiger partial charge in [0, 0.05) is 30.9 Å². The Morgan fingerprint density at radius 3 is 2.65 bits per heavy atom. The van der Waals surface area contributed by atoms with Gasteiger partial charge in [0.1, 0.15) is 5.69 Å². The molecule has 2 heterocycles. The van der Waals surface area contributed by atoms with Gasteiger partial charge in [0.15, 0.2) is 0 Å². The summed E-state index contributed by atoms with van der Waals surface area (Å²) in [5, 5.41) is 11.9. The van der Waals surface area contributed by atoms with Crippen LogP contribution in [-0.2, 0) is 13.6 Å². The van der Waals surface area contributed by atoms with Crippen LogP contribution in [0.3, 0.4) is 0 Å². The number of rotatable bonds is 5. The maximum absolute atomic E-state index is 5.21. The molecule has 0 atom stereocenters. The van der Waals surface area contributed by atoms with Crippen LogP contribution >= 0.6 is 12.4 Å². The molecular weight excluding hydrogens is 278 g/mol. The van der Waals surface area contributed by atoms with E-state index in [1.54, 1.807) is 11.8 Å². The van der Waals surface area contributed by atoms with Crippen LogP contribution in [0.2, 0.25) is 0 Å². The number of halogens is 1. The SMILES string of the molecule is COc1nn(C)cc1NCc1cnn(C(C)C)c1C.Cl. The van der Waals surface area contributed by atoms with E-state index in [2.05, 4.69) is 36.3 Å². The number of nitrogens with zero attached hydrogens (tertiary/aromatic N) is 4. The van der Waals surface area contributed by atoms with Gasteiger partial charge in [-0.15, -0.1) is 17.5 Å². The van der Waals surface area contributed by atoms with Crippen LogP contribution in [0.1, 0.15) is 31.1 Å². The first-order valence-electron chi connectivity index (χ1n) is 6.37. The predicted molar refractivity (Wildman–Crippen MR) is 81.7 cm³/mol. The van der Waals surface area contributed by atoms with Crippen molar-refractivity contribution < 1.29 is 4.74 Å². The molecule has 2 aromatic rings. The number of aryl methyl sites for hydroxylation is 1. The first-order chi connectivity index (χ1) is 9.02. The maximum Gasteiger partial charge on any atom is 0.256 e. The molecule has 0 saturated heterocycles. The number of nitrogens with one attached hydrogen (secondary N) is 1. The minimum Gasteiger partial charge on any atom is -0.478 e. The molecule has 7 heteroatoms. The van der Waals surface area contributed by atoms with Crippen molar-refractivity contribution in [1.82, 2.24) is 19.6 Å². The maximum atomic E-state index is 5.21. The summed E-state index contributed by atoms with van der Waals surface area (Å²) in [4.78, 5) is 0. The summed E-state index contributed by atoms with van der Waals surface area (Å²) >= 11 is 0. The van der Waals surface area contributed by atoms with Gasteiger partial charge < -0.3 is 10.1 Å². The quantitative estimate of drug-likeness (QED) is 0.922. The second-order valence-corrected chi connectivity index (χ2v) is 4.87. The molecule has 0 fully saturated rings. The normalized spacial score (nSPS) is 10.5. The molecule has 2 aromatic heterocycles. The van der Waals surface area contributed by atoms with E-state index in [1.807, 2.05) is 24.1 Å². The fraction of sp³-hybridized carbons (Fsp3) is 0.538. The van der Waals surface area contributed by atoms with Crippen molar-refractivity contribution in [3.05, 3.63) is 23.7 Å². The molecule has 0 aliphatic rings. The van der Waals surface area contributed by atoms with Crippen molar-refractivity contribution in [3.63, 3.8) is 0 Å². The predicted octanol–water partition coefficient (Wildman–Crippen LogP) is 2.55. The zero-order valence-corrected chi connectivity index (χ0v) is 13.4. The van der Waals surface area contributed by atoms with Crippen LogP contribution in [0.5, 0.6) is 5.88 Å². The number of ether oxygens (including phenoxy) is 1. The lowest BCUT2D eigenvalue weighted by Crippen LogP contribution is -2.06. The van der Waals surface area contributed by atoms with E-state index in [9.17, 15) is 0 Å². The monoisotopic (exact) mass is 299 g/mol. The Kier molecular flexibility index (Phi) is 5.44. The lowest BCUT2D eigenvalue weighted by atomic mass is 10.2. The van der Waals surface area contributed by atoms with Crippen LogP contribution in [0.4, 0.5) is 5.69 Å². The molecule has 0 spiro atoms. The Balaban J connectivity index is 0.00000200. The molecule has 0 aliphatic carbocycles. The van der Waals surface area contributed by atoms with Gasteiger partial charge in [-0.25, -0.2) is 0 Å². The van der Waals surface area contributed by atoms with Gasteiger partial charge in [0.2, 0.25) is 0 Å². The van der Waals surface area contributed by atoms with E-state index in [0.29, 0.717) is 18.5 Å². The number of aromatic nitrogens is 4. The van der Waals surface area contributed by atoms with Crippen molar-refractivity contribution in [2.75, 3.05) is 12.4 Å². The van der Waals surface area contributed by atoms with Crippen molar-refractivity contribution >= 4 is 18.1 Å². The third-order valence-electron chi connectivity index (χ3n) is 3.09. The molecule has 0 unspecified atom stereocenters. The van der Waals surface area contributed by atoms with Crippen molar-refractivity contribution in [1.29, 1.82) is 0 Å². The molecule has 2 rings (SSSR count). The van der Waals surface area contributed by atoms with E-state index in [4.69, 9.17) is 4.74 Å². The summed E-state index contributed by atoms with van der Waals surface area (Å²) < 4.78 is 8.97. The highest BCUT2D eigenvalue weighted by Gasteiger charge is 2.11. The second kappa shape index (κ2) is 6.65. The Bertz CT molecular complexity index is 561. The van der Waals surface area contributed by atoms with Crippen LogP contribution in [-0.4, -0.2) is 26.7 Å². The second-order valence-electron chi connectivity index (χ2n) is 4.87. The number of methoxy groups -OCH3 is 1. The zero-order valence-electron chi connectivity index (χ0n) is 12.5. The molecule has 1 N–H and O–H groups in total. The van der Waals surface area contributed by atoms with Crippen molar-refractivity contribution in [3.8, 4) is 5.88 Å². The Morgan fingerprint density at radius 1 is 1.40 bits per heavy atom. The van der Waals surface area contributed by atoms with E-state index in [0.717, 1.165) is 5.69 Å². The Labute approximate surface area is 125 Å². The van der Waals surface area contributed by atoms with Crippen molar-refractivity contribution in [2.24, 2.45) is 7.05 Å². The van der Waals surface area contributed by atoms with Gasteiger partial charge in [-0.3, -0.25) is 9.36 Å². The summed E-state index contributed by atoms with van der Waals surface area (Å²) in [5.41, 5.74) is 3.26. The zero-order chi connectivity index (χ0) is 14.0. The van der Waals surface area contributed by atoms with E-state index < -0.39 is 0 Å². The first kappa shape index (κ1) is 16.4. The lowest BCUT2D eigenvalue weighted by molar-refractivity contribution is 0.393. The molecule has 0 amide bonds. The number of anilines is 1. The van der Waals surface area contributed by atoms with Gasteiger partial charge in [0.25, 0.3) is 5.88 Å². The van der Waals surface area contributed by atoms with E-state index in [-0.39, 0.29) is 12.4 Å². The third kappa shape index (κ3) is 3.25. The third-order valence-corrected chi connectivity index (χ3v) is 3.09. The molecule has 0 radical (unpaired) electrons. The van der Waals surface area contributed by atoms with Crippen LogP contribution < -0.4 is 10.1 Å². The number of hydrogen-bond donors (Lipinski definition) is 1. The minimum atomic E-state index is 0. The van der Waals surface area contributed by atoms with Gasteiger partial charge in [0.05, 0.1) is 19.5 Å². The van der Waals surface area contributed by atoms with Gasteiger partial charge >= 0.3 is 0 Å². The molecule has 6 nitrogen and oxygen atoms in total. The molecular formula is C13H22ClN5O. The van der Waals surface area contributed by atoms with E-state index >= 15 is 0 Å². The first-order valence-corrected chi connectivity index (χ1v) is 6.37. The van der Waals surface area contributed by atoms with Gasteiger partial charge in [-0.05, 0) is 20.8 Å². The highest BCUT2D eigenvalue weighted by atomic mass is 35.5. The Hall–Kier alpha value is -1.69. The molecule has 0 saturated carbocycles. The molecule has 20 heavy (non-hydrogen) atoms. The molecule has 112 valence electrons. The van der Waals surface area contributed by atoms with Crippen molar-refractivity contribution in [2.45, 2.75) is 33.4 Å². The highest BCUT2D eigenvalue weighted by Crippen LogP contribution is 2.22. The largest absolute Gasteiger partial charge is 0.478 e. The average Bonchev–Trinajstić information content (AvgIpc) is 2.90. The fourth-order valence-electron chi connectivity index (χ4n) is 2.08. The highest BCUT2D eigenvalue weighted by molar-refractivity contribution is 5.85. The molecule has 0 aromatic carbocycles. The number of hydrogen-bond acceptors (Lipinski definition) is 4. The van der Waals surface area contributed by atoms with E-state index in [1.165, 1.54) is 11.3 Å².